The number of nitrogens with one attached hydrogen (secondary N) is 1. The van der Waals surface area contributed by atoms with E-state index in [0.717, 1.165) is 12.4 Å². The number of alkyl halides is 1. The van der Waals surface area contributed by atoms with Crippen molar-refractivity contribution in [3.63, 3.8) is 0 Å². The van der Waals surface area contributed by atoms with Crippen LogP contribution in [0, 0.1) is 11.8 Å². The van der Waals surface area contributed by atoms with Crippen molar-refractivity contribution in [2.75, 3.05) is 32.0 Å². The highest BCUT2D eigenvalue weighted by molar-refractivity contribution is 6.18. The third kappa shape index (κ3) is 3.62. The van der Waals surface area contributed by atoms with Crippen LogP contribution in [0.15, 0.2) is 6.07 Å². The lowest BCUT2D eigenvalue weighted by Crippen LogP contribution is -2.20. The minimum Gasteiger partial charge on any atom is -0.481 e. The fourth-order valence-corrected chi connectivity index (χ4v) is 2.91. The van der Waals surface area contributed by atoms with Gasteiger partial charge in [0.1, 0.15) is 0 Å². The number of rotatable bonds is 6. The van der Waals surface area contributed by atoms with Gasteiger partial charge in [-0.25, -0.2) is 0 Å². The maximum Gasteiger partial charge on any atom is 0.229 e. The standard InChI is InChI=1S/C13H20ClN3O2/c1-18-11-6-12(19-2)17-13(16-11)15-8-10-5-3-4-9(10)7-14/h6,9-10H,3-5,7-8H2,1-2H3,(H,15,16,17). The van der Waals surface area contributed by atoms with Crippen LogP contribution < -0.4 is 14.8 Å². The summed E-state index contributed by atoms with van der Waals surface area (Å²) >= 11 is 5.98. The molecular formula is C13H20ClN3O2. The molecule has 0 spiro atoms. The molecule has 106 valence electrons. The highest BCUT2D eigenvalue weighted by Gasteiger charge is 2.26. The first-order valence-corrected chi connectivity index (χ1v) is 7.07. The highest BCUT2D eigenvalue weighted by Crippen LogP contribution is 2.32. The van der Waals surface area contributed by atoms with Gasteiger partial charge in [0, 0.05) is 12.4 Å². The zero-order chi connectivity index (χ0) is 13.7. The number of ether oxygens (including phenoxy) is 2. The van der Waals surface area contributed by atoms with E-state index in [1.165, 1.54) is 19.3 Å². The number of halogens is 1. The van der Waals surface area contributed by atoms with Crippen LogP contribution in [0.4, 0.5) is 5.95 Å². The fraction of sp³-hybridized carbons (Fsp3) is 0.692. The fourth-order valence-electron chi connectivity index (χ4n) is 2.50. The number of hydrogen-bond donors (Lipinski definition) is 1. The summed E-state index contributed by atoms with van der Waals surface area (Å²) in [5, 5.41) is 3.26. The maximum absolute atomic E-state index is 5.98. The number of hydrogen-bond acceptors (Lipinski definition) is 5. The van der Waals surface area contributed by atoms with Crippen molar-refractivity contribution >= 4 is 17.5 Å². The lowest BCUT2D eigenvalue weighted by atomic mass is 9.98. The Hall–Kier alpha value is -1.23. The SMILES string of the molecule is COc1cc(OC)nc(NCC2CCCC2CCl)n1. The molecule has 0 aromatic carbocycles. The first kappa shape index (κ1) is 14.2. The molecule has 2 atom stereocenters. The quantitative estimate of drug-likeness (QED) is 0.814. The second-order valence-electron chi connectivity index (χ2n) is 4.76. The molecule has 2 unspecified atom stereocenters. The Morgan fingerprint density at radius 2 is 1.84 bits per heavy atom. The van der Waals surface area contributed by atoms with Crippen LogP contribution in [-0.2, 0) is 0 Å². The van der Waals surface area contributed by atoms with Crippen LogP contribution in [-0.4, -0.2) is 36.6 Å². The minimum atomic E-state index is 0.495. The smallest absolute Gasteiger partial charge is 0.229 e. The summed E-state index contributed by atoms with van der Waals surface area (Å²) in [6.07, 6.45) is 3.69. The van der Waals surface area contributed by atoms with Crippen LogP contribution in [0.2, 0.25) is 0 Å². The van der Waals surface area contributed by atoms with E-state index in [1.807, 2.05) is 0 Å². The molecule has 0 radical (unpaired) electrons. The first-order valence-electron chi connectivity index (χ1n) is 6.53. The zero-order valence-electron chi connectivity index (χ0n) is 11.4. The van der Waals surface area contributed by atoms with Crippen LogP contribution in [0.25, 0.3) is 0 Å². The lowest BCUT2D eigenvalue weighted by molar-refractivity contribution is 0.372. The molecule has 1 heterocycles. The Kier molecular flexibility index (Phi) is 5.07. The van der Waals surface area contributed by atoms with Gasteiger partial charge in [0.25, 0.3) is 0 Å². The van der Waals surface area contributed by atoms with E-state index in [0.29, 0.717) is 29.5 Å². The number of nitrogens with zero attached hydrogens (tertiary/aromatic N) is 2. The molecule has 1 aromatic heterocycles. The molecule has 1 N–H and O–H groups in total. The summed E-state index contributed by atoms with van der Waals surface area (Å²) in [6.45, 7) is 0.841. The van der Waals surface area contributed by atoms with Crippen LogP contribution in [0.3, 0.4) is 0 Å². The largest absolute Gasteiger partial charge is 0.481 e. The van der Waals surface area contributed by atoms with Gasteiger partial charge in [0.2, 0.25) is 17.7 Å². The van der Waals surface area contributed by atoms with Gasteiger partial charge >= 0.3 is 0 Å². The molecular weight excluding hydrogens is 266 g/mol. The molecule has 1 aliphatic carbocycles. The highest BCUT2D eigenvalue weighted by atomic mass is 35.5. The Bertz CT molecular complexity index is 395. The second-order valence-corrected chi connectivity index (χ2v) is 5.07. The van der Waals surface area contributed by atoms with E-state index >= 15 is 0 Å². The van der Waals surface area contributed by atoms with Gasteiger partial charge in [0.15, 0.2) is 0 Å². The first-order chi connectivity index (χ1) is 9.26. The molecule has 19 heavy (non-hydrogen) atoms. The lowest BCUT2D eigenvalue weighted by Gasteiger charge is -2.17. The summed E-state index contributed by atoms with van der Waals surface area (Å²) in [5.74, 6) is 3.45. The van der Waals surface area contributed by atoms with E-state index in [1.54, 1.807) is 20.3 Å². The molecule has 6 heteroatoms. The van der Waals surface area contributed by atoms with E-state index in [4.69, 9.17) is 21.1 Å². The molecule has 1 aromatic rings. The topological polar surface area (TPSA) is 56.3 Å². The van der Waals surface area contributed by atoms with Crippen molar-refractivity contribution in [1.82, 2.24) is 9.97 Å². The van der Waals surface area contributed by atoms with Crippen molar-refractivity contribution in [1.29, 1.82) is 0 Å². The summed E-state index contributed by atoms with van der Waals surface area (Å²) in [4.78, 5) is 8.51. The van der Waals surface area contributed by atoms with Crippen LogP contribution in [0.1, 0.15) is 19.3 Å². The van der Waals surface area contributed by atoms with Gasteiger partial charge in [0.05, 0.1) is 20.3 Å². The average molecular weight is 286 g/mol. The third-order valence-electron chi connectivity index (χ3n) is 3.63. The van der Waals surface area contributed by atoms with Gasteiger partial charge < -0.3 is 14.8 Å². The van der Waals surface area contributed by atoms with Crippen molar-refractivity contribution in [2.24, 2.45) is 11.8 Å². The van der Waals surface area contributed by atoms with Crippen molar-refractivity contribution < 1.29 is 9.47 Å². The van der Waals surface area contributed by atoms with Crippen molar-refractivity contribution in [2.45, 2.75) is 19.3 Å². The normalized spacial score (nSPS) is 22.3. The molecule has 0 bridgehead atoms. The Morgan fingerprint density at radius 1 is 1.21 bits per heavy atom. The predicted molar refractivity (Wildman–Crippen MR) is 75.2 cm³/mol. The van der Waals surface area contributed by atoms with Crippen molar-refractivity contribution in [3.05, 3.63) is 6.07 Å². The van der Waals surface area contributed by atoms with Gasteiger partial charge in [-0.15, -0.1) is 11.6 Å². The number of methoxy groups -OCH3 is 2. The van der Waals surface area contributed by atoms with Crippen LogP contribution in [0.5, 0.6) is 11.8 Å². The molecule has 0 saturated heterocycles. The van der Waals surface area contributed by atoms with Gasteiger partial charge in [-0.2, -0.15) is 9.97 Å². The Morgan fingerprint density at radius 3 is 2.42 bits per heavy atom. The molecule has 2 rings (SSSR count). The number of aromatic nitrogens is 2. The van der Waals surface area contributed by atoms with E-state index in [2.05, 4.69) is 15.3 Å². The van der Waals surface area contributed by atoms with Gasteiger partial charge in [-0.3, -0.25) is 0 Å². The average Bonchev–Trinajstić information content (AvgIpc) is 2.92. The summed E-state index contributed by atoms with van der Waals surface area (Å²) in [7, 11) is 3.15. The van der Waals surface area contributed by atoms with E-state index in [-0.39, 0.29) is 0 Å². The van der Waals surface area contributed by atoms with Gasteiger partial charge in [-0.1, -0.05) is 6.42 Å². The molecule has 1 fully saturated rings. The third-order valence-corrected chi connectivity index (χ3v) is 4.03. The molecule has 1 aliphatic rings. The minimum absolute atomic E-state index is 0.495. The van der Waals surface area contributed by atoms with E-state index < -0.39 is 0 Å². The Labute approximate surface area is 118 Å². The molecule has 5 nitrogen and oxygen atoms in total. The maximum atomic E-state index is 5.98. The summed E-state index contributed by atoms with van der Waals surface area (Å²) < 4.78 is 10.2. The molecule has 1 saturated carbocycles. The van der Waals surface area contributed by atoms with Gasteiger partial charge in [-0.05, 0) is 24.7 Å². The second kappa shape index (κ2) is 6.80. The molecule has 0 aliphatic heterocycles. The van der Waals surface area contributed by atoms with E-state index in [9.17, 15) is 0 Å². The number of anilines is 1. The van der Waals surface area contributed by atoms with Crippen molar-refractivity contribution in [3.8, 4) is 11.8 Å². The van der Waals surface area contributed by atoms with Crippen LogP contribution >= 0.6 is 11.6 Å². The predicted octanol–water partition coefficient (Wildman–Crippen LogP) is 2.56. The Balaban J connectivity index is 1.98. The monoisotopic (exact) mass is 285 g/mol. The zero-order valence-corrected chi connectivity index (χ0v) is 12.1. The summed E-state index contributed by atoms with van der Waals surface area (Å²) in [5.41, 5.74) is 0. The molecule has 0 amide bonds. The summed E-state index contributed by atoms with van der Waals surface area (Å²) in [6, 6.07) is 1.66.